The van der Waals surface area contributed by atoms with Crippen molar-refractivity contribution in [2.75, 3.05) is 18.4 Å². The van der Waals surface area contributed by atoms with E-state index in [2.05, 4.69) is 10.3 Å². The molecule has 0 fully saturated rings. The van der Waals surface area contributed by atoms with Crippen LogP contribution in [0.5, 0.6) is 0 Å². The molecule has 0 unspecified atom stereocenters. The third kappa shape index (κ3) is 5.77. The molecule has 7 nitrogen and oxygen atoms in total. The van der Waals surface area contributed by atoms with Crippen molar-refractivity contribution in [3.8, 4) is 6.07 Å². The summed E-state index contributed by atoms with van der Waals surface area (Å²) in [6.45, 7) is -2.28. The molecule has 0 spiro atoms. The Hall–Kier alpha value is -2.97. The number of nitrogens with one attached hydrogen (secondary N) is 1. The summed E-state index contributed by atoms with van der Waals surface area (Å²) in [6.07, 6.45) is -2.27. The Balaban J connectivity index is 2.19. The van der Waals surface area contributed by atoms with E-state index in [-0.39, 0.29) is 21.3 Å². The lowest BCUT2D eigenvalue weighted by Crippen LogP contribution is -2.39. The number of hydrogen-bond donors (Lipinski definition) is 1. The average Bonchev–Trinajstić information content (AvgIpc) is 2.65. The second-order valence-electron chi connectivity index (χ2n) is 5.58. The number of nitrogens with zero attached hydrogens (tertiary/aromatic N) is 3. The number of anilines is 1. The van der Waals surface area contributed by atoms with E-state index in [4.69, 9.17) is 5.26 Å². The van der Waals surface area contributed by atoms with Crippen molar-refractivity contribution < 1.29 is 26.4 Å². The van der Waals surface area contributed by atoms with E-state index < -0.39 is 35.2 Å². The summed E-state index contributed by atoms with van der Waals surface area (Å²) in [6, 6.07) is 9.31. The molecule has 148 valence electrons. The molecule has 0 aliphatic rings. The standard InChI is InChI=1S/C17H15F3N4O3S/c18-17(19,20)12-24(11-1-8-21)28(26,27)15-4-2-14(3-5-15)23-16(25)13-6-9-22-10-7-13/h2-7,9-10H,1,11-12H2,(H,23,25). The average molecular weight is 412 g/mol. The fourth-order valence-electron chi connectivity index (χ4n) is 2.22. The van der Waals surface area contributed by atoms with Crippen LogP contribution in [0, 0.1) is 11.3 Å². The van der Waals surface area contributed by atoms with Crippen molar-refractivity contribution in [2.24, 2.45) is 0 Å². The molecular weight excluding hydrogens is 397 g/mol. The Morgan fingerprint density at radius 2 is 1.75 bits per heavy atom. The molecule has 1 amide bonds. The number of aromatic nitrogens is 1. The van der Waals surface area contributed by atoms with Gasteiger partial charge in [0.2, 0.25) is 10.0 Å². The van der Waals surface area contributed by atoms with Gasteiger partial charge in [0.15, 0.2) is 0 Å². The third-order valence-electron chi connectivity index (χ3n) is 3.52. The van der Waals surface area contributed by atoms with Crippen molar-refractivity contribution in [3.63, 3.8) is 0 Å². The van der Waals surface area contributed by atoms with E-state index in [9.17, 15) is 26.4 Å². The molecule has 0 bridgehead atoms. The molecule has 11 heteroatoms. The topological polar surface area (TPSA) is 103 Å². The number of nitriles is 1. The van der Waals surface area contributed by atoms with E-state index in [0.717, 1.165) is 12.1 Å². The van der Waals surface area contributed by atoms with Gasteiger partial charge in [-0.25, -0.2) is 8.42 Å². The van der Waals surface area contributed by atoms with Crippen LogP contribution in [0.25, 0.3) is 0 Å². The van der Waals surface area contributed by atoms with Crippen molar-refractivity contribution in [1.29, 1.82) is 5.26 Å². The van der Waals surface area contributed by atoms with Gasteiger partial charge >= 0.3 is 6.18 Å². The van der Waals surface area contributed by atoms with Gasteiger partial charge in [0.1, 0.15) is 6.54 Å². The predicted molar refractivity (Wildman–Crippen MR) is 93.7 cm³/mol. The molecule has 2 aromatic rings. The second kappa shape index (κ2) is 8.81. The van der Waals surface area contributed by atoms with Gasteiger partial charge in [0, 0.05) is 36.6 Å². The Bertz CT molecular complexity index is 956. The molecule has 0 aliphatic carbocycles. The summed E-state index contributed by atoms with van der Waals surface area (Å²) in [5.74, 6) is -0.453. The SMILES string of the molecule is N#CCCN(CC(F)(F)F)S(=O)(=O)c1ccc(NC(=O)c2ccncc2)cc1. The maximum Gasteiger partial charge on any atom is 0.402 e. The predicted octanol–water partition coefficient (Wildman–Crippen LogP) is 2.80. The normalized spacial score (nSPS) is 11.8. The monoisotopic (exact) mass is 412 g/mol. The Morgan fingerprint density at radius 3 is 2.29 bits per heavy atom. The zero-order valence-corrected chi connectivity index (χ0v) is 15.2. The van der Waals surface area contributed by atoms with Gasteiger partial charge in [-0.1, -0.05) is 0 Å². The summed E-state index contributed by atoms with van der Waals surface area (Å²) in [4.78, 5) is 15.5. The molecule has 1 N–H and O–H groups in total. The van der Waals surface area contributed by atoms with Gasteiger partial charge in [-0.05, 0) is 36.4 Å². The lowest BCUT2D eigenvalue weighted by atomic mass is 10.2. The van der Waals surface area contributed by atoms with E-state index in [1.807, 2.05) is 0 Å². The van der Waals surface area contributed by atoms with Crippen LogP contribution in [0.15, 0.2) is 53.7 Å². The Morgan fingerprint density at radius 1 is 1.14 bits per heavy atom. The zero-order chi connectivity index (χ0) is 20.8. The third-order valence-corrected chi connectivity index (χ3v) is 5.38. The number of rotatable bonds is 7. The van der Waals surface area contributed by atoms with E-state index in [0.29, 0.717) is 5.56 Å². The van der Waals surface area contributed by atoms with E-state index >= 15 is 0 Å². The first-order valence-corrected chi connectivity index (χ1v) is 9.33. The molecule has 0 saturated carbocycles. The van der Waals surface area contributed by atoms with Gasteiger partial charge in [-0.3, -0.25) is 9.78 Å². The number of benzene rings is 1. The van der Waals surface area contributed by atoms with Crippen molar-refractivity contribution in [2.45, 2.75) is 17.5 Å². The van der Waals surface area contributed by atoms with Crippen LogP contribution in [-0.2, 0) is 10.0 Å². The van der Waals surface area contributed by atoms with E-state index in [1.165, 1.54) is 36.7 Å². The lowest BCUT2D eigenvalue weighted by molar-refractivity contribution is -0.136. The van der Waals surface area contributed by atoms with Crippen LogP contribution in [0.3, 0.4) is 0 Å². The van der Waals surface area contributed by atoms with Crippen molar-refractivity contribution in [1.82, 2.24) is 9.29 Å². The molecule has 2 rings (SSSR count). The van der Waals surface area contributed by atoms with Gasteiger partial charge in [0.25, 0.3) is 5.91 Å². The number of carbonyl (C=O) groups is 1. The Kier molecular flexibility index (Phi) is 6.71. The minimum Gasteiger partial charge on any atom is -0.322 e. The van der Waals surface area contributed by atoms with Crippen LogP contribution < -0.4 is 5.32 Å². The molecule has 1 aromatic heterocycles. The van der Waals surface area contributed by atoms with Crippen molar-refractivity contribution >= 4 is 21.6 Å². The first-order valence-electron chi connectivity index (χ1n) is 7.89. The molecule has 0 saturated heterocycles. The largest absolute Gasteiger partial charge is 0.402 e. The highest BCUT2D eigenvalue weighted by Gasteiger charge is 2.36. The summed E-state index contributed by atoms with van der Waals surface area (Å²) >= 11 is 0. The summed E-state index contributed by atoms with van der Waals surface area (Å²) in [7, 11) is -4.46. The van der Waals surface area contributed by atoms with Gasteiger partial charge in [-0.15, -0.1) is 0 Å². The fourth-order valence-corrected chi connectivity index (χ4v) is 3.65. The van der Waals surface area contributed by atoms with Crippen LogP contribution in [-0.4, -0.2) is 42.9 Å². The number of carbonyl (C=O) groups excluding carboxylic acids is 1. The zero-order valence-electron chi connectivity index (χ0n) is 14.3. The molecule has 0 aliphatic heterocycles. The van der Waals surface area contributed by atoms with Gasteiger partial charge in [0.05, 0.1) is 11.0 Å². The first-order chi connectivity index (χ1) is 13.1. The van der Waals surface area contributed by atoms with Crippen molar-refractivity contribution in [3.05, 3.63) is 54.4 Å². The second-order valence-corrected chi connectivity index (χ2v) is 7.51. The summed E-state index contributed by atoms with van der Waals surface area (Å²) in [5, 5.41) is 11.1. The maximum atomic E-state index is 12.7. The number of amides is 1. The molecule has 0 radical (unpaired) electrons. The summed E-state index contributed by atoms with van der Waals surface area (Å²) in [5.41, 5.74) is 0.597. The number of sulfonamides is 1. The van der Waals surface area contributed by atoms with Crippen LogP contribution in [0.2, 0.25) is 0 Å². The molecule has 1 heterocycles. The number of halogens is 3. The van der Waals surface area contributed by atoms with Crippen LogP contribution in [0.1, 0.15) is 16.8 Å². The van der Waals surface area contributed by atoms with E-state index in [1.54, 1.807) is 6.07 Å². The number of alkyl halides is 3. The highest BCUT2D eigenvalue weighted by atomic mass is 32.2. The summed E-state index contributed by atoms with van der Waals surface area (Å²) < 4.78 is 63.3. The lowest BCUT2D eigenvalue weighted by Gasteiger charge is -2.22. The number of hydrogen-bond acceptors (Lipinski definition) is 5. The van der Waals surface area contributed by atoms with Gasteiger partial charge in [-0.2, -0.15) is 22.7 Å². The maximum absolute atomic E-state index is 12.7. The molecular formula is C17H15F3N4O3S. The van der Waals surface area contributed by atoms with Crippen LogP contribution >= 0.6 is 0 Å². The molecule has 1 aromatic carbocycles. The first kappa shape index (κ1) is 21.3. The minimum absolute atomic E-state index is 0.209. The Labute approximate surface area is 159 Å². The number of pyridine rings is 1. The highest BCUT2D eigenvalue weighted by Crippen LogP contribution is 2.24. The fraction of sp³-hybridized carbons (Fsp3) is 0.235. The smallest absolute Gasteiger partial charge is 0.322 e. The molecule has 28 heavy (non-hydrogen) atoms. The molecule has 0 atom stereocenters. The van der Waals surface area contributed by atoms with Crippen LogP contribution in [0.4, 0.5) is 18.9 Å². The minimum atomic E-state index is -4.75. The van der Waals surface area contributed by atoms with Gasteiger partial charge < -0.3 is 5.32 Å². The quantitative estimate of drug-likeness (QED) is 0.753. The highest BCUT2D eigenvalue weighted by molar-refractivity contribution is 7.89.